The van der Waals surface area contributed by atoms with Gasteiger partial charge in [-0.25, -0.2) is 8.78 Å². The van der Waals surface area contributed by atoms with E-state index >= 15 is 0 Å². The van der Waals surface area contributed by atoms with E-state index in [0.717, 1.165) is 6.42 Å². The lowest BCUT2D eigenvalue weighted by atomic mass is 9.98. The van der Waals surface area contributed by atoms with E-state index in [-0.39, 0.29) is 17.7 Å². The molecule has 1 aromatic carbocycles. The Kier molecular flexibility index (Phi) is 1.94. The largest absolute Gasteiger partial charge is 0.380 e. The average molecular weight is 183 g/mol. The molecule has 1 atom stereocenters. The van der Waals surface area contributed by atoms with Crippen molar-refractivity contribution >= 4 is 5.69 Å². The van der Waals surface area contributed by atoms with Crippen molar-refractivity contribution in [1.82, 2.24) is 0 Å². The molecule has 0 amide bonds. The fourth-order valence-corrected chi connectivity index (χ4v) is 1.67. The molecule has 0 aromatic heterocycles. The molecule has 0 radical (unpaired) electrons. The molecule has 2 rings (SSSR count). The van der Waals surface area contributed by atoms with Gasteiger partial charge >= 0.3 is 0 Å². The van der Waals surface area contributed by atoms with E-state index in [0.29, 0.717) is 17.7 Å². The number of nitrogens with one attached hydrogen (secondary N) is 1. The van der Waals surface area contributed by atoms with Crippen LogP contribution in [0.25, 0.3) is 0 Å². The summed E-state index contributed by atoms with van der Waals surface area (Å²) in [5, 5.41) is 2.95. The number of hydrogen-bond acceptors (Lipinski definition) is 1. The lowest BCUT2D eigenvalue weighted by Crippen LogP contribution is -2.23. The van der Waals surface area contributed by atoms with Gasteiger partial charge in [0.1, 0.15) is 11.6 Å². The first kappa shape index (κ1) is 8.48. The van der Waals surface area contributed by atoms with Crippen LogP contribution in [0.15, 0.2) is 12.1 Å². The van der Waals surface area contributed by atoms with Crippen LogP contribution in [-0.2, 0) is 6.42 Å². The molecule has 0 saturated heterocycles. The predicted octanol–water partition coefficient (Wildman–Crippen LogP) is 2.71. The number of hydrogen-bond donors (Lipinski definition) is 1. The first-order valence-electron chi connectivity index (χ1n) is 4.42. The molecule has 3 heteroatoms. The van der Waals surface area contributed by atoms with Gasteiger partial charge in [-0.1, -0.05) is 0 Å². The molecule has 0 bridgehead atoms. The van der Waals surface area contributed by atoms with E-state index in [1.54, 1.807) is 0 Å². The van der Waals surface area contributed by atoms with Crippen molar-refractivity contribution in [3.8, 4) is 0 Å². The smallest absolute Gasteiger partial charge is 0.146 e. The highest BCUT2D eigenvalue weighted by Crippen LogP contribution is 2.29. The van der Waals surface area contributed by atoms with Crippen LogP contribution < -0.4 is 5.32 Å². The number of halogens is 2. The summed E-state index contributed by atoms with van der Waals surface area (Å²) >= 11 is 0. The highest BCUT2D eigenvalue weighted by Gasteiger charge is 2.20. The van der Waals surface area contributed by atoms with E-state index in [2.05, 4.69) is 5.32 Å². The first-order chi connectivity index (χ1) is 6.18. The van der Waals surface area contributed by atoms with Crippen LogP contribution in [0.1, 0.15) is 18.9 Å². The minimum atomic E-state index is -0.358. The Balaban J connectivity index is 2.51. The van der Waals surface area contributed by atoms with Crippen LogP contribution >= 0.6 is 0 Å². The molecule has 1 aliphatic rings. The minimum Gasteiger partial charge on any atom is -0.380 e. The summed E-state index contributed by atoms with van der Waals surface area (Å²) in [7, 11) is 0. The quantitative estimate of drug-likeness (QED) is 0.652. The third kappa shape index (κ3) is 1.39. The van der Waals surface area contributed by atoms with Gasteiger partial charge in [0.2, 0.25) is 0 Å². The number of fused-ring (bicyclic) bond motifs is 1. The lowest BCUT2D eigenvalue weighted by Gasteiger charge is -2.24. The Labute approximate surface area is 75.8 Å². The third-order valence-electron chi connectivity index (χ3n) is 2.42. The maximum atomic E-state index is 13.2. The zero-order chi connectivity index (χ0) is 9.42. The molecular weight excluding hydrogens is 172 g/mol. The summed E-state index contributed by atoms with van der Waals surface area (Å²) in [6, 6.07) is 2.58. The zero-order valence-electron chi connectivity index (χ0n) is 7.40. The third-order valence-corrected chi connectivity index (χ3v) is 2.42. The second-order valence-corrected chi connectivity index (χ2v) is 3.47. The lowest BCUT2D eigenvalue weighted by molar-refractivity contribution is 0.560. The van der Waals surface area contributed by atoms with Gasteiger partial charge in [-0.2, -0.15) is 0 Å². The van der Waals surface area contributed by atoms with Gasteiger partial charge in [0, 0.05) is 11.6 Å². The molecular formula is C10H11F2N. The van der Waals surface area contributed by atoms with Gasteiger partial charge in [-0.3, -0.25) is 0 Å². The van der Waals surface area contributed by atoms with Gasteiger partial charge in [0.15, 0.2) is 0 Å². The Morgan fingerprint density at radius 3 is 2.77 bits per heavy atom. The molecule has 70 valence electrons. The predicted molar refractivity (Wildman–Crippen MR) is 47.8 cm³/mol. The van der Waals surface area contributed by atoms with Gasteiger partial charge in [-0.05, 0) is 31.9 Å². The van der Waals surface area contributed by atoms with Gasteiger partial charge in [0.25, 0.3) is 0 Å². The Morgan fingerprint density at radius 1 is 1.31 bits per heavy atom. The summed E-state index contributed by atoms with van der Waals surface area (Å²) < 4.78 is 26.4. The van der Waals surface area contributed by atoms with Crippen LogP contribution in [0.4, 0.5) is 14.5 Å². The van der Waals surface area contributed by atoms with Crippen molar-refractivity contribution < 1.29 is 8.78 Å². The second-order valence-electron chi connectivity index (χ2n) is 3.47. The second kappa shape index (κ2) is 2.98. The Bertz CT molecular complexity index is 336. The van der Waals surface area contributed by atoms with Crippen molar-refractivity contribution in [3.05, 3.63) is 29.3 Å². The zero-order valence-corrected chi connectivity index (χ0v) is 7.40. The number of benzene rings is 1. The fraction of sp³-hybridized carbons (Fsp3) is 0.400. The number of anilines is 1. The Hall–Kier alpha value is -1.12. The van der Waals surface area contributed by atoms with E-state index in [4.69, 9.17) is 0 Å². The van der Waals surface area contributed by atoms with Crippen molar-refractivity contribution in [2.75, 3.05) is 5.32 Å². The summed E-state index contributed by atoms with van der Waals surface area (Å²) in [6.07, 6.45) is 1.47. The molecule has 1 aromatic rings. The summed E-state index contributed by atoms with van der Waals surface area (Å²) in [5.41, 5.74) is 0.830. The highest BCUT2D eigenvalue weighted by atomic mass is 19.1. The molecule has 0 spiro atoms. The Morgan fingerprint density at radius 2 is 2.00 bits per heavy atom. The first-order valence-corrected chi connectivity index (χ1v) is 4.42. The van der Waals surface area contributed by atoms with E-state index in [1.807, 2.05) is 6.92 Å². The summed E-state index contributed by atoms with van der Waals surface area (Å²) in [4.78, 5) is 0. The highest BCUT2D eigenvalue weighted by molar-refractivity contribution is 5.55. The van der Waals surface area contributed by atoms with Gasteiger partial charge in [-0.15, -0.1) is 0 Å². The molecule has 0 saturated carbocycles. The van der Waals surface area contributed by atoms with E-state index < -0.39 is 0 Å². The monoisotopic (exact) mass is 183 g/mol. The van der Waals surface area contributed by atoms with Crippen molar-refractivity contribution in [2.45, 2.75) is 25.8 Å². The van der Waals surface area contributed by atoms with Crippen molar-refractivity contribution in [2.24, 2.45) is 0 Å². The molecule has 1 aliphatic heterocycles. The van der Waals surface area contributed by atoms with Crippen LogP contribution in [0.5, 0.6) is 0 Å². The van der Waals surface area contributed by atoms with E-state index in [1.165, 1.54) is 12.1 Å². The normalized spacial score (nSPS) is 20.7. The van der Waals surface area contributed by atoms with Crippen LogP contribution in [0, 0.1) is 11.6 Å². The SMILES string of the molecule is CC1CCc2c(F)ccc(F)c2N1. The topological polar surface area (TPSA) is 12.0 Å². The maximum Gasteiger partial charge on any atom is 0.146 e. The fourth-order valence-electron chi connectivity index (χ4n) is 1.67. The van der Waals surface area contributed by atoms with Crippen LogP contribution in [-0.4, -0.2) is 6.04 Å². The molecule has 13 heavy (non-hydrogen) atoms. The molecule has 1 nitrogen and oxygen atoms in total. The van der Waals surface area contributed by atoms with Crippen LogP contribution in [0.2, 0.25) is 0 Å². The van der Waals surface area contributed by atoms with Gasteiger partial charge < -0.3 is 5.32 Å². The maximum absolute atomic E-state index is 13.2. The van der Waals surface area contributed by atoms with Crippen molar-refractivity contribution in [3.63, 3.8) is 0 Å². The van der Waals surface area contributed by atoms with Gasteiger partial charge in [0.05, 0.1) is 5.69 Å². The van der Waals surface area contributed by atoms with E-state index in [9.17, 15) is 8.78 Å². The number of rotatable bonds is 0. The molecule has 0 fully saturated rings. The minimum absolute atomic E-state index is 0.226. The summed E-state index contributed by atoms with van der Waals surface area (Å²) in [6.45, 7) is 1.97. The molecule has 1 unspecified atom stereocenters. The molecule has 0 aliphatic carbocycles. The standard InChI is InChI=1S/C10H11F2N/c1-6-2-3-7-8(11)4-5-9(12)10(7)13-6/h4-6,13H,2-3H2,1H3. The van der Waals surface area contributed by atoms with Crippen LogP contribution in [0.3, 0.4) is 0 Å². The van der Waals surface area contributed by atoms with Crippen molar-refractivity contribution in [1.29, 1.82) is 0 Å². The average Bonchev–Trinajstić information content (AvgIpc) is 2.12. The molecule has 1 N–H and O–H groups in total. The molecule has 1 heterocycles. The summed E-state index contributed by atoms with van der Waals surface area (Å²) in [5.74, 6) is -0.668.